The topological polar surface area (TPSA) is 79.1 Å². The molecule has 122 valence electrons. The van der Waals surface area contributed by atoms with E-state index < -0.39 is 0 Å². The van der Waals surface area contributed by atoms with Crippen LogP contribution in [0.2, 0.25) is 0 Å². The van der Waals surface area contributed by atoms with Crippen LogP contribution in [0.5, 0.6) is 5.88 Å². The molecule has 1 aliphatic rings. The molecule has 1 fully saturated rings. The first-order valence-electron chi connectivity index (χ1n) is 7.95. The molecular formula is C18H18N4O2. The lowest BCUT2D eigenvalue weighted by Gasteiger charge is -2.32. The van der Waals surface area contributed by atoms with Crippen LogP contribution in [0.3, 0.4) is 0 Å². The highest BCUT2D eigenvalue weighted by molar-refractivity contribution is 5.78. The number of rotatable bonds is 4. The lowest BCUT2D eigenvalue weighted by molar-refractivity contribution is -0.133. The Balaban J connectivity index is 1.62. The minimum atomic E-state index is -0.165. The van der Waals surface area contributed by atoms with Gasteiger partial charge in [-0.15, -0.1) is 0 Å². The molecule has 6 heteroatoms. The number of amides is 1. The second kappa shape index (κ2) is 7.55. The molecule has 0 spiro atoms. The molecule has 24 heavy (non-hydrogen) atoms. The quantitative estimate of drug-likeness (QED) is 0.860. The second-order valence-electron chi connectivity index (χ2n) is 5.71. The number of piperidine rings is 1. The van der Waals surface area contributed by atoms with Crippen molar-refractivity contribution in [1.82, 2.24) is 14.9 Å². The number of nitrogens with zero attached hydrogens (tertiary/aromatic N) is 4. The average Bonchev–Trinajstić information content (AvgIpc) is 2.63. The summed E-state index contributed by atoms with van der Waals surface area (Å²) in [6, 6.07) is 11.7. The first-order valence-corrected chi connectivity index (χ1v) is 7.95. The molecule has 1 amide bonds. The van der Waals surface area contributed by atoms with E-state index in [1.807, 2.05) is 41.3 Å². The van der Waals surface area contributed by atoms with Crippen LogP contribution in [-0.4, -0.2) is 40.0 Å². The Hall–Kier alpha value is -2.94. The van der Waals surface area contributed by atoms with Gasteiger partial charge in [0, 0.05) is 18.9 Å². The molecule has 1 aromatic carbocycles. The van der Waals surface area contributed by atoms with Crippen molar-refractivity contribution in [2.24, 2.45) is 0 Å². The van der Waals surface area contributed by atoms with Gasteiger partial charge in [0.1, 0.15) is 12.2 Å². The molecule has 0 saturated carbocycles. The molecule has 0 N–H and O–H groups in total. The number of likely N-dealkylation sites (tertiary alicyclic amines) is 1. The summed E-state index contributed by atoms with van der Waals surface area (Å²) in [6.07, 6.45) is 4.88. The SMILES string of the molecule is N#Cc1nccnc1OC1CCCN(C(=O)Cc2ccccc2)C1. The van der Waals surface area contributed by atoms with Crippen LogP contribution in [0.4, 0.5) is 0 Å². The Morgan fingerprint density at radius 1 is 1.29 bits per heavy atom. The van der Waals surface area contributed by atoms with Crippen LogP contribution in [0.1, 0.15) is 24.1 Å². The van der Waals surface area contributed by atoms with Crippen molar-refractivity contribution in [2.75, 3.05) is 13.1 Å². The number of nitriles is 1. The molecule has 0 bridgehead atoms. The highest BCUT2D eigenvalue weighted by atomic mass is 16.5. The zero-order valence-electron chi connectivity index (χ0n) is 13.3. The number of carbonyl (C=O) groups is 1. The second-order valence-corrected chi connectivity index (χ2v) is 5.71. The van der Waals surface area contributed by atoms with Gasteiger partial charge in [0.25, 0.3) is 5.88 Å². The summed E-state index contributed by atoms with van der Waals surface area (Å²) in [4.78, 5) is 22.3. The maximum atomic E-state index is 12.5. The van der Waals surface area contributed by atoms with E-state index in [1.54, 1.807) is 0 Å². The summed E-state index contributed by atoms with van der Waals surface area (Å²) in [7, 11) is 0. The lowest BCUT2D eigenvalue weighted by atomic mass is 10.1. The third-order valence-electron chi connectivity index (χ3n) is 3.98. The van der Waals surface area contributed by atoms with Crippen LogP contribution in [0.25, 0.3) is 0 Å². The van der Waals surface area contributed by atoms with Gasteiger partial charge in [-0.3, -0.25) is 4.79 Å². The number of ether oxygens (including phenoxy) is 1. The van der Waals surface area contributed by atoms with Gasteiger partial charge in [-0.2, -0.15) is 5.26 Å². The Bertz CT molecular complexity index is 742. The Kier molecular flexibility index (Phi) is 5.02. The summed E-state index contributed by atoms with van der Waals surface area (Å²) < 4.78 is 5.82. The molecule has 3 rings (SSSR count). The average molecular weight is 322 g/mol. The first kappa shape index (κ1) is 15.9. The summed E-state index contributed by atoms with van der Waals surface area (Å²) in [5, 5.41) is 9.06. The zero-order valence-corrected chi connectivity index (χ0v) is 13.3. The largest absolute Gasteiger partial charge is 0.470 e. The van der Waals surface area contributed by atoms with Gasteiger partial charge in [-0.1, -0.05) is 30.3 Å². The van der Waals surface area contributed by atoms with E-state index in [0.717, 1.165) is 24.9 Å². The molecule has 1 saturated heterocycles. The molecule has 1 aliphatic heterocycles. The van der Waals surface area contributed by atoms with Gasteiger partial charge in [-0.25, -0.2) is 9.97 Å². The minimum absolute atomic E-state index is 0.0918. The van der Waals surface area contributed by atoms with Crippen LogP contribution in [-0.2, 0) is 11.2 Å². The maximum Gasteiger partial charge on any atom is 0.251 e. The van der Waals surface area contributed by atoms with Crippen LogP contribution >= 0.6 is 0 Å². The standard InChI is InChI=1S/C18H18N4O2/c19-12-16-18(21-9-8-20-16)24-15-7-4-10-22(13-15)17(23)11-14-5-2-1-3-6-14/h1-3,5-6,8-9,15H,4,7,10-11,13H2. The fourth-order valence-corrected chi connectivity index (χ4v) is 2.79. The van der Waals surface area contributed by atoms with Gasteiger partial charge in [0.05, 0.1) is 13.0 Å². The van der Waals surface area contributed by atoms with Crippen LogP contribution in [0.15, 0.2) is 42.7 Å². The number of carbonyl (C=O) groups excluding carboxylic acids is 1. The Morgan fingerprint density at radius 2 is 2.08 bits per heavy atom. The monoisotopic (exact) mass is 322 g/mol. The fraction of sp³-hybridized carbons (Fsp3) is 0.333. The van der Waals surface area contributed by atoms with Crippen LogP contribution in [0, 0.1) is 11.3 Å². The van der Waals surface area contributed by atoms with Crippen molar-refractivity contribution in [3.63, 3.8) is 0 Å². The van der Waals surface area contributed by atoms with Crippen molar-refractivity contribution in [1.29, 1.82) is 5.26 Å². The van der Waals surface area contributed by atoms with Gasteiger partial charge in [-0.05, 0) is 18.4 Å². The van der Waals surface area contributed by atoms with Crippen molar-refractivity contribution < 1.29 is 9.53 Å². The lowest BCUT2D eigenvalue weighted by Crippen LogP contribution is -2.45. The first-order chi connectivity index (χ1) is 11.8. The molecule has 0 aliphatic carbocycles. The van der Waals surface area contributed by atoms with E-state index in [2.05, 4.69) is 9.97 Å². The van der Waals surface area contributed by atoms with Gasteiger partial charge in [0.15, 0.2) is 0 Å². The summed E-state index contributed by atoms with van der Waals surface area (Å²) in [5.74, 6) is 0.330. The highest BCUT2D eigenvalue weighted by Crippen LogP contribution is 2.19. The van der Waals surface area contributed by atoms with Crippen molar-refractivity contribution in [3.05, 3.63) is 54.0 Å². The molecule has 2 heterocycles. The van der Waals surface area contributed by atoms with E-state index in [0.29, 0.717) is 13.0 Å². The predicted molar refractivity (Wildman–Crippen MR) is 87.1 cm³/mol. The van der Waals surface area contributed by atoms with E-state index in [4.69, 9.17) is 10.00 Å². The van der Waals surface area contributed by atoms with Crippen molar-refractivity contribution in [3.8, 4) is 11.9 Å². The van der Waals surface area contributed by atoms with Crippen molar-refractivity contribution >= 4 is 5.91 Å². The summed E-state index contributed by atoms with van der Waals surface area (Å²) >= 11 is 0. The molecular weight excluding hydrogens is 304 g/mol. The van der Waals surface area contributed by atoms with Crippen LogP contribution < -0.4 is 4.74 Å². The Labute approximate surface area is 140 Å². The third-order valence-corrected chi connectivity index (χ3v) is 3.98. The number of aromatic nitrogens is 2. The van der Waals surface area contributed by atoms with Gasteiger partial charge < -0.3 is 9.64 Å². The van der Waals surface area contributed by atoms with Gasteiger partial charge in [0.2, 0.25) is 11.6 Å². The summed E-state index contributed by atoms with van der Waals surface area (Å²) in [5.41, 5.74) is 1.18. The minimum Gasteiger partial charge on any atom is -0.470 e. The molecule has 1 unspecified atom stereocenters. The molecule has 0 radical (unpaired) electrons. The fourth-order valence-electron chi connectivity index (χ4n) is 2.79. The predicted octanol–water partition coefficient (Wildman–Crippen LogP) is 1.96. The van der Waals surface area contributed by atoms with E-state index in [-0.39, 0.29) is 23.6 Å². The van der Waals surface area contributed by atoms with E-state index >= 15 is 0 Å². The van der Waals surface area contributed by atoms with Crippen molar-refractivity contribution in [2.45, 2.75) is 25.4 Å². The third kappa shape index (κ3) is 3.87. The summed E-state index contributed by atoms with van der Waals surface area (Å²) in [6.45, 7) is 1.24. The molecule has 2 aromatic rings. The Morgan fingerprint density at radius 3 is 2.88 bits per heavy atom. The zero-order chi connectivity index (χ0) is 16.8. The highest BCUT2D eigenvalue weighted by Gasteiger charge is 2.26. The maximum absolute atomic E-state index is 12.5. The smallest absolute Gasteiger partial charge is 0.251 e. The number of hydrogen-bond acceptors (Lipinski definition) is 5. The van der Waals surface area contributed by atoms with Gasteiger partial charge >= 0.3 is 0 Å². The molecule has 1 atom stereocenters. The normalized spacial score (nSPS) is 17.1. The molecule has 6 nitrogen and oxygen atoms in total. The number of hydrogen-bond donors (Lipinski definition) is 0. The number of benzene rings is 1. The van der Waals surface area contributed by atoms with E-state index in [9.17, 15) is 4.79 Å². The molecule has 1 aromatic heterocycles. The van der Waals surface area contributed by atoms with E-state index in [1.165, 1.54) is 12.4 Å².